The highest BCUT2D eigenvalue weighted by atomic mass is 127. The van der Waals surface area contributed by atoms with E-state index in [9.17, 15) is 0 Å². The molecule has 2 heterocycles. The SMILES string of the molecule is CCNC(=NCc1sc(C)nc1C)NCC(C)N1CCC(C)CC1.I. The van der Waals surface area contributed by atoms with Crippen molar-refractivity contribution >= 4 is 41.3 Å². The van der Waals surface area contributed by atoms with Gasteiger partial charge in [-0.3, -0.25) is 4.90 Å². The second kappa shape index (κ2) is 11.3. The van der Waals surface area contributed by atoms with Crippen LogP contribution in [0.1, 0.15) is 49.2 Å². The van der Waals surface area contributed by atoms with Crippen molar-refractivity contribution in [1.82, 2.24) is 20.5 Å². The van der Waals surface area contributed by atoms with Crippen LogP contribution in [0, 0.1) is 19.8 Å². The Bertz CT molecular complexity index is 538. The lowest BCUT2D eigenvalue weighted by molar-refractivity contribution is 0.147. The molecular formula is C18H34IN5S. The largest absolute Gasteiger partial charge is 0.357 e. The van der Waals surface area contributed by atoms with E-state index in [-0.39, 0.29) is 24.0 Å². The van der Waals surface area contributed by atoms with E-state index >= 15 is 0 Å². The summed E-state index contributed by atoms with van der Waals surface area (Å²) in [5.74, 6) is 1.78. The molecule has 0 saturated carbocycles. The zero-order valence-corrected chi connectivity index (χ0v) is 19.4. The van der Waals surface area contributed by atoms with Gasteiger partial charge in [0.1, 0.15) is 0 Å². The van der Waals surface area contributed by atoms with E-state index in [0.29, 0.717) is 12.6 Å². The number of likely N-dealkylation sites (tertiary alicyclic amines) is 1. The van der Waals surface area contributed by atoms with Crippen LogP contribution in [0.15, 0.2) is 4.99 Å². The molecule has 1 fully saturated rings. The number of nitrogens with zero attached hydrogens (tertiary/aromatic N) is 3. The number of hydrogen-bond donors (Lipinski definition) is 2. The van der Waals surface area contributed by atoms with E-state index in [1.807, 2.05) is 0 Å². The summed E-state index contributed by atoms with van der Waals surface area (Å²) in [6.45, 7) is 15.8. The molecule has 2 N–H and O–H groups in total. The average Bonchev–Trinajstić information content (AvgIpc) is 2.88. The standard InChI is InChI=1S/C18H33N5S.HI/c1-6-19-18(21-12-17-15(4)22-16(5)24-17)20-11-14(3)23-9-7-13(2)8-10-23;/h13-14H,6-12H2,1-5H3,(H2,19,20,21);1H. The summed E-state index contributed by atoms with van der Waals surface area (Å²) >= 11 is 1.74. The molecule has 5 nitrogen and oxygen atoms in total. The van der Waals surface area contributed by atoms with Crippen LogP contribution in [-0.4, -0.2) is 48.1 Å². The molecular weight excluding hydrogens is 445 g/mol. The third-order valence-electron chi connectivity index (χ3n) is 4.73. The number of aromatic nitrogens is 1. The first-order valence-corrected chi connectivity index (χ1v) is 10.00. The van der Waals surface area contributed by atoms with Crippen molar-refractivity contribution in [3.05, 3.63) is 15.6 Å². The third kappa shape index (κ3) is 7.38. The van der Waals surface area contributed by atoms with Crippen molar-refractivity contribution < 1.29 is 0 Å². The molecule has 1 saturated heterocycles. The maximum absolute atomic E-state index is 4.73. The summed E-state index contributed by atoms with van der Waals surface area (Å²) < 4.78 is 0. The highest BCUT2D eigenvalue weighted by Crippen LogP contribution is 2.18. The first-order chi connectivity index (χ1) is 11.5. The highest BCUT2D eigenvalue weighted by molar-refractivity contribution is 14.0. The molecule has 0 aliphatic carbocycles. The van der Waals surface area contributed by atoms with Crippen LogP contribution in [-0.2, 0) is 6.54 Å². The normalized spacial score (nSPS) is 17.9. The molecule has 1 unspecified atom stereocenters. The van der Waals surface area contributed by atoms with Gasteiger partial charge in [0.2, 0.25) is 0 Å². The van der Waals surface area contributed by atoms with Gasteiger partial charge in [-0.2, -0.15) is 0 Å². The van der Waals surface area contributed by atoms with Crippen molar-refractivity contribution in [3.63, 3.8) is 0 Å². The summed E-state index contributed by atoms with van der Waals surface area (Å²) in [4.78, 5) is 13.1. The third-order valence-corrected chi connectivity index (χ3v) is 5.79. The zero-order valence-electron chi connectivity index (χ0n) is 16.3. The van der Waals surface area contributed by atoms with Gasteiger partial charge in [-0.05, 0) is 59.5 Å². The Balaban J connectivity index is 0.00000312. The van der Waals surface area contributed by atoms with E-state index in [1.54, 1.807) is 11.3 Å². The Morgan fingerprint density at radius 1 is 1.32 bits per heavy atom. The van der Waals surface area contributed by atoms with E-state index in [1.165, 1.54) is 30.8 Å². The van der Waals surface area contributed by atoms with Crippen molar-refractivity contribution in [2.75, 3.05) is 26.2 Å². The highest BCUT2D eigenvalue weighted by Gasteiger charge is 2.20. The van der Waals surface area contributed by atoms with Crippen molar-refractivity contribution in [2.45, 2.75) is 60.0 Å². The molecule has 25 heavy (non-hydrogen) atoms. The van der Waals surface area contributed by atoms with Crippen LogP contribution >= 0.6 is 35.3 Å². The lowest BCUT2D eigenvalue weighted by Crippen LogP contribution is -2.48. The van der Waals surface area contributed by atoms with E-state index in [0.717, 1.165) is 35.7 Å². The molecule has 0 spiro atoms. The Labute approximate surface area is 174 Å². The van der Waals surface area contributed by atoms with E-state index in [4.69, 9.17) is 4.99 Å². The smallest absolute Gasteiger partial charge is 0.191 e. The Morgan fingerprint density at radius 3 is 2.56 bits per heavy atom. The zero-order chi connectivity index (χ0) is 17.5. The molecule has 0 radical (unpaired) electrons. The minimum Gasteiger partial charge on any atom is -0.357 e. The van der Waals surface area contributed by atoms with Crippen molar-refractivity contribution in [3.8, 4) is 0 Å². The quantitative estimate of drug-likeness (QED) is 0.372. The van der Waals surface area contributed by atoms with Gasteiger partial charge in [-0.25, -0.2) is 9.98 Å². The number of piperidine rings is 1. The van der Waals surface area contributed by atoms with Crippen molar-refractivity contribution in [1.29, 1.82) is 0 Å². The Hall–Kier alpha value is -0.410. The molecule has 0 bridgehead atoms. The fourth-order valence-corrected chi connectivity index (χ4v) is 3.92. The number of halogens is 1. The second-order valence-electron chi connectivity index (χ2n) is 6.89. The number of aliphatic imine (C=N–C) groups is 1. The number of aryl methyl sites for hydroxylation is 2. The van der Waals surface area contributed by atoms with E-state index in [2.05, 4.69) is 55.1 Å². The summed E-state index contributed by atoms with van der Waals surface area (Å²) in [5.41, 5.74) is 1.10. The number of thiazole rings is 1. The Kier molecular flexibility index (Phi) is 10.3. The Morgan fingerprint density at radius 2 is 2.00 bits per heavy atom. The van der Waals surface area contributed by atoms with Crippen LogP contribution in [0.25, 0.3) is 0 Å². The second-order valence-corrected chi connectivity index (χ2v) is 8.17. The summed E-state index contributed by atoms with van der Waals surface area (Å²) in [5, 5.41) is 7.97. The molecule has 0 amide bonds. The average molecular weight is 479 g/mol. The first kappa shape index (κ1) is 22.6. The minimum atomic E-state index is 0. The number of hydrogen-bond acceptors (Lipinski definition) is 4. The fourth-order valence-electron chi connectivity index (χ4n) is 3.06. The maximum Gasteiger partial charge on any atom is 0.191 e. The van der Waals surface area contributed by atoms with Crippen LogP contribution in [0.2, 0.25) is 0 Å². The molecule has 7 heteroatoms. The molecule has 1 aromatic rings. The molecule has 1 aromatic heterocycles. The topological polar surface area (TPSA) is 52.6 Å². The van der Waals surface area contributed by atoms with Gasteiger partial charge in [0.25, 0.3) is 0 Å². The maximum atomic E-state index is 4.73. The molecule has 1 aliphatic heterocycles. The van der Waals surface area contributed by atoms with Crippen LogP contribution in [0.5, 0.6) is 0 Å². The van der Waals surface area contributed by atoms with Crippen LogP contribution < -0.4 is 10.6 Å². The molecule has 1 atom stereocenters. The monoisotopic (exact) mass is 479 g/mol. The van der Waals surface area contributed by atoms with E-state index < -0.39 is 0 Å². The van der Waals surface area contributed by atoms with Gasteiger partial charge in [0.05, 0.1) is 17.2 Å². The number of rotatable bonds is 6. The number of nitrogens with one attached hydrogen (secondary N) is 2. The van der Waals surface area contributed by atoms with Crippen LogP contribution in [0.3, 0.4) is 0 Å². The predicted molar refractivity (Wildman–Crippen MR) is 119 cm³/mol. The van der Waals surface area contributed by atoms with Crippen LogP contribution in [0.4, 0.5) is 0 Å². The predicted octanol–water partition coefficient (Wildman–Crippen LogP) is 3.55. The summed E-state index contributed by atoms with van der Waals surface area (Å²) in [6.07, 6.45) is 2.64. The van der Waals surface area contributed by atoms with Crippen molar-refractivity contribution in [2.24, 2.45) is 10.9 Å². The van der Waals surface area contributed by atoms with Gasteiger partial charge in [-0.1, -0.05) is 6.92 Å². The fraction of sp³-hybridized carbons (Fsp3) is 0.778. The summed E-state index contributed by atoms with van der Waals surface area (Å²) in [6, 6.07) is 0.536. The number of guanidine groups is 1. The summed E-state index contributed by atoms with van der Waals surface area (Å²) in [7, 11) is 0. The lowest BCUT2D eigenvalue weighted by atomic mass is 9.98. The lowest BCUT2D eigenvalue weighted by Gasteiger charge is -2.35. The molecule has 2 rings (SSSR count). The molecule has 1 aliphatic rings. The minimum absolute atomic E-state index is 0. The van der Waals surface area contributed by atoms with Gasteiger partial charge in [-0.15, -0.1) is 35.3 Å². The molecule has 0 aromatic carbocycles. The van der Waals surface area contributed by atoms with Gasteiger partial charge in [0, 0.05) is 24.0 Å². The molecule has 144 valence electrons. The van der Waals surface area contributed by atoms with Gasteiger partial charge in [0.15, 0.2) is 5.96 Å². The van der Waals surface area contributed by atoms with Gasteiger partial charge < -0.3 is 10.6 Å². The van der Waals surface area contributed by atoms with Gasteiger partial charge >= 0.3 is 0 Å². The first-order valence-electron chi connectivity index (χ1n) is 9.18.